The zero-order chi connectivity index (χ0) is 21.7. The van der Waals surface area contributed by atoms with Gasteiger partial charge in [-0.05, 0) is 48.7 Å². The van der Waals surface area contributed by atoms with Gasteiger partial charge in [-0.2, -0.15) is 0 Å². The number of pyridine rings is 1. The zero-order valence-corrected chi connectivity index (χ0v) is 18.2. The summed E-state index contributed by atoms with van der Waals surface area (Å²) in [5.41, 5.74) is 1.47. The Bertz CT molecular complexity index is 1060. The number of carbonyl (C=O) groups excluding carboxylic acids is 1. The number of benzene rings is 1. The molecule has 0 spiro atoms. The van der Waals surface area contributed by atoms with Crippen molar-refractivity contribution in [2.75, 3.05) is 13.7 Å². The molecule has 0 saturated carbocycles. The molecule has 2 heterocycles. The topological polar surface area (TPSA) is 77.8 Å². The third-order valence-electron chi connectivity index (χ3n) is 4.55. The number of nitrogens with one attached hydrogen (secondary N) is 1. The van der Waals surface area contributed by atoms with Gasteiger partial charge in [-0.25, -0.2) is 0 Å². The third kappa shape index (κ3) is 4.74. The number of hydrogen-bond donors (Lipinski definition) is 1. The highest BCUT2D eigenvalue weighted by Gasteiger charge is 2.22. The maximum Gasteiger partial charge on any atom is 0.244 e. The molecule has 0 radical (unpaired) electrons. The van der Waals surface area contributed by atoms with Crippen molar-refractivity contribution in [3.05, 3.63) is 59.0 Å². The normalized spacial score (nSPS) is 12.5. The van der Waals surface area contributed by atoms with Gasteiger partial charge in [0.15, 0.2) is 23.0 Å². The fraction of sp³-hybridized carbons (Fsp3) is 0.318. The van der Waals surface area contributed by atoms with Crippen LogP contribution in [0.15, 0.2) is 42.6 Å². The molecule has 0 aliphatic carbocycles. The van der Waals surface area contributed by atoms with E-state index in [4.69, 9.17) is 21.1 Å². The minimum atomic E-state index is -0.294. The van der Waals surface area contributed by atoms with Crippen molar-refractivity contribution < 1.29 is 14.3 Å². The number of methoxy groups -OCH3 is 1. The Morgan fingerprint density at radius 2 is 2.10 bits per heavy atom. The van der Waals surface area contributed by atoms with Crippen LogP contribution in [0.25, 0.3) is 11.7 Å². The third-order valence-corrected chi connectivity index (χ3v) is 4.83. The molecule has 1 unspecified atom stereocenters. The average Bonchev–Trinajstić information content (AvgIpc) is 3.14. The van der Waals surface area contributed by atoms with Crippen LogP contribution < -0.4 is 14.8 Å². The van der Waals surface area contributed by atoms with Crippen molar-refractivity contribution in [3.63, 3.8) is 0 Å². The molecule has 3 aromatic rings. The molecule has 0 bridgehead atoms. The molecule has 1 aromatic carbocycles. The van der Waals surface area contributed by atoms with Gasteiger partial charge in [-0.15, -0.1) is 10.2 Å². The number of carbonyl (C=O) groups is 1. The summed E-state index contributed by atoms with van der Waals surface area (Å²) >= 11 is 6.28. The van der Waals surface area contributed by atoms with E-state index in [0.717, 1.165) is 11.2 Å². The predicted octanol–water partition coefficient (Wildman–Crippen LogP) is 4.32. The van der Waals surface area contributed by atoms with Crippen LogP contribution >= 0.6 is 11.6 Å². The van der Waals surface area contributed by atoms with Crippen LogP contribution in [0.3, 0.4) is 0 Å². The maximum atomic E-state index is 12.6. The summed E-state index contributed by atoms with van der Waals surface area (Å²) in [6.45, 7) is 6.40. The summed E-state index contributed by atoms with van der Waals surface area (Å²) < 4.78 is 12.8. The number of fused-ring (bicyclic) bond motifs is 1. The number of amides is 1. The number of rotatable bonds is 8. The molecule has 0 aliphatic heterocycles. The molecule has 30 heavy (non-hydrogen) atoms. The summed E-state index contributed by atoms with van der Waals surface area (Å²) in [6.07, 6.45) is 5.03. The smallest absolute Gasteiger partial charge is 0.244 e. The molecule has 0 aliphatic rings. The molecular weight excluding hydrogens is 404 g/mol. The van der Waals surface area contributed by atoms with Crippen LogP contribution in [0, 0.1) is 5.92 Å². The minimum absolute atomic E-state index is 0.120. The standard InChI is InChI=1S/C22H25ClN4O3/c1-5-30-17-13-15(12-16(23)21(17)29-4)9-10-19(28)24-20(14(2)3)22-26-25-18-8-6-7-11-27(18)22/h6-14,20H,5H2,1-4H3,(H,24,28). The first kappa shape index (κ1) is 21.6. The first-order valence-corrected chi connectivity index (χ1v) is 10.1. The van der Waals surface area contributed by atoms with E-state index in [1.54, 1.807) is 18.2 Å². The lowest BCUT2D eigenvalue weighted by atomic mass is 10.0. The first-order chi connectivity index (χ1) is 14.4. The Kier molecular flexibility index (Phi) is 6.95. The van der Waals surface area contributed by atoms with Crippen molar-refractivity contribution in [1.82, 2.24) is 19.9 Å². The van der Waals surface area contributed by atoms with E-state index in [0.29, 0.717) is 29.0 Å². The van der Waals surface area contributed by atoms with Gasteiger partial charge >= 0.3 is 0 Å². The number of hydrogen-bond acceptors (Lipinski definition) is 5. The maximum absolute atomic E-state index is 12.6. The van der Waals surface area contributed by atoms with Gasteiger partial charge in [0.05, 0.1) is 24.8 Å². The summed E-state index contributed by atoms with van der Waals surface area (Å²) in [7, 11) is 1.53. The van der Waals surface area contributed by atoms with Crippen LogP contribution in [0.5, 0.6) is 11.5 Å². The number of halogens is 1. The van der Waals surface area contributed by atoms with Crippen molar-refractivity contribution in [2.24, 2.45) is 5.92 Å². The Balaban J connectivity index is 1.80. The van der Waals surface area contributed by atoms with E-state index >= 15 is 0 Å². The van der Waals surface area contributed by atoms with Crippen molar-refractivity contribution in [3.8, 4) is 11.5 Å². The van der Waals surface area contributed by atoms with Crippen molar-refractivity contribution in [2.45, 2.75) is 26.8 Å². The largest absolute Gasteiger partial charge is 0.491 e. The summed E-state index contributed by atoms with van der Waals surface area (Å²) in [5.74, 6) is 1.57. The average molecular weight is 429 g/mol. The second kappa shape index (κ2) is 9.63. The molecule has 7 nitrogen and oxygen atoms in total. The second-order valence-electron chi connectivity index (χ2n) is 7.02. The summed E-state index contributed by atoms with van der Waals surface area (Å²) in [6, 6.07) is 8.89. The Hall–Kier alpha value is -3.06. The van der Waals surface area contributed by atoms with Crippen LogP contribution in [0.4, 0.5) is 0 Å². The van der Waals surface area contributed by atoms with E-state index in [1.807, 2.05) is 49.6 Å². The number of ether oxygens (including phenoxy) is 2. The fourth-order valence-corrected chi connectivity index (χ4v) is 3.42. The minimum Gasteiger partial charge on any atom is -0.491 e. The van der Waals surface area contributed by atoms with Gasteiger partial charge in [-0.3, -0.25) is 9.20 Å². The molecule has 8 heteroatoms. The van der Waals surface area contributed by atoms with E-state index in [2.05, 4.69) is 15.5 Å². The van der Waals surface area contributed by atoms with E-state index in [-0.39, 0.29) is 17.9 Å². The summed E-state index contributed by atoms with van der Waals surface area (Å²) in [5, 5.41) is 11.9. The van der Waals surface area contributed by atoms with Crippen LogP contribution in [0.1, 0.15) is 38.2 Å². The molecule has 158 valence electrons. The van der Waals surface area contributed by atoms with Gasteiger partial charge in [0, 0.05) is 12.3 Å². The Morgan fingerprint density at radius 1 is 1.30 bits per heavy atom. The Labute approximate surface area is 180 Å². The van der Waals surface area contributed by atoms with Gasteiger partial charge in [0.25, 0.3) is 0 Å². The van der Waals surface area contributed by atoms with Gasteiger partial charge in [-0.1, -0.05) is 31.5 Å². The molecule has 1 N–H and O–H groups in total. The SMILES string of the molecule is CCOc1cc(C=CC(=O)NC(c2nnc3ccccn23)C(C)C)cc(Cl)c1OC. The molecule has 2 aromatic heterocycles. The fourth-order valence-electron chi connectivity index (χ4n) is 3.12. The molecule has 3 rings (SSSR count). The highest BCUT2D eigenvalue weighted by molar-refractivity contribution is 6.32. The molecule has 1 amide bonds. The molecule has 1 atom stereocenters. The molecule has 0 saturated heterocycles. The lowest BCUT2D eigenvalue weighted by Crippen LogP contribution is -2.31. The van der Waals surface area contributed by atoms with Crippen LogP contribution in [-0.4, -0.2) is 34.2 Å². The number of nitrogens with zero attached hydrogens (tertiary/aromatic N) is 3. The predicted molar refractivity (Wildman–Crippen MR) is 117 cm³/mol. The van der Waals surface area contributed by atoms with Gasteiger partial charge in [0.1, 0.15) is 0 Å². The quantitative estimate of drug-likeness (QED) is 0.541. The second-order valence-corrected chi connectivity index (χ2v) is 7.42. The lowest BCUT2D eigenvalue weighted by molar-refractivity contribution is -0.117. The van der Waals surface area contributed by atoms with Crippen LogP contribution in [0.2, 0.25) is 5.02 Å². The highest BCUT2D eigenvalue weighted by atomic mass is 35.5. The monoisotopic (exact) mass is 428 g/mol. The molecule has 0 fully saturated rings. The first-order valence-electron chi connectivity index (χ1n) is 9.73. The van der Waals surface area contributed by atoms with Gasteiger partial charge in [0.2, 0.25) is 5.91 Å². The van der Waals surface area contributed by atoms with Crippen molar-refractivity contribution in [1.29, 1.82) is 0 Å². The molecular formula is C22H25ClN4O3. The number of aromatic nitrogens is 3. The zero-order valence-electron chi connectivity index (χ0n) is 17.4. The van der Waals surface area contributed by atoms with Crippen LogP contribution in [-0.2, 0) is 4.79 Å². The van der Waals surface area contributed by atoms with Crippen molar-refractivity contribution >= 4 is 29.2 Å². The lowest BCUT2D eigenvalue weighted by Gasteiger charge is -2.20. The van der Waals surface area contributed by atoms with E-state index in [1.165, 1.54) is 13.2 Å². The van der Waals surface area contributed by atoms with E-state index < -0.39 is 0 Å². The highest BCUT2D eigenvalue weighted by Crippen LogP contribution is 2.36. The Morgan fingerprint density at radius 3 is 2.80 bits per heavy atom. The van der Waals surface area contributed by atoms with Gasteiger partial charge < -0.3 is 14.8 Å². The van der Waals surface area contributed by atoms with E-state index in [9.17, 15) is 4.79 Å². The summed E-state index contributed by atoms with van der Waals surface area (Å²) in [4.78, 5) is 12.6.